The topological polar surface area (TPSA) is 133 Å². The molecule has 10 nitrogen and oxygen atoms in total. The van der Waals surface area contributed by atoms with Crippen molar-refractivity contribution in [3.8, 4) is 0 Å². The Morgan fingerprint density at radius 1 is 0.981 bits per heavy atom. The Morgan fingerprint density at radius 3 is 2.34 bits per heavy atom. The maximum atomic E-state index is 13.7. The van der Waals surface area contributed by atoms with E-state index >= 15 is 0 Å². The molecule has 1 unspecified atom stereocenters. The summed E-state index contributed by atoms with van der Waals surface area (Å²) in [5, 5.41) is 9.07. The minimum atomic E-state index is -4.48. The molecule has 2 aliphatic rings. The van der Waals surface area contributed by atoms with Crippen LogP contribution in [0.5, 0.6) is 0 Å². The maximum Gasteiger partial charge on any atom is 0.330 e. The number of hydrogen-bond acceptors (Lipinski definition) is 7. The maximum absolute atomic E-state index is 13.7. The second kappa shape index (κ2) is 17.9. The average Bonchev–Trinajstić information content (AvgIpc) is 3.44. The molecule has 0 amide bonds. The largest absolute Gasteiger partial charge is 0.481 e. The van der Waals surface area contributed by atoms with E-state index in [1.165, 1.54) is 28.9 Å². The molecule has 0 fully saturated rings. The lowest BCUT2D eigenvalue weighted by Gasteiger charge is -2.31. The van der Waals surface area contributed by atoms with Gasteiger partial charge < -0.3 is 19.1 Å². The van der Waals surface area contributed by atoms with Crippen molar-refractivity contribution in [2.24, 2.45) is 0 Å². The monoisotopic (exact) mass is 767 g/mol. The van der Waals surface area contributed by atoms with E-state index in [0.29, 0.717) is 37.8 Å². The summed E-state index contributed by atoms with van der Waals surface area (Å²) >= 11 is 0. The van der Waals surface area contributed by atoms with Crippen molar-refractivity contribution < 1.29 is 41.1 Å². The number of nitrogens with zero attached hydrogens (tertiary/aromatic N) is 2. The number of carbonyl (C=O) groups is 1. The molecule has 0 spiro atoms. The van der Waals surface area contributed by atoms with E-state index in [2.05, 4.69) is 54.5 Å². The van der Waals surface area contributed by atoms with E-state index in [9.17, 15) is 22.3 Å². The van der Waals surface area contributed by atoms with Gasteiger partial charge in [-0.05, 0) is 116 Å². The van der Waals surface area contributed by atoms with E-state index in [1.54, 1.807) is 19.9 Å². The Hall–Kier alpha value is -3.34. The van der Waals surface area contributed by atoms with Gasteiger partial charge in [-0.15, -0.1) is 0 Å². The quantitative estimate of drug-likeness (QED) is 0.0445. The Morgan fingerprint density at radius 2 is 1.70 bits per heavy atom. The number of benzene rings is 2. The van der Waals surface area contributed by atoms with Gasteiger partial charge in [-0.3, -0.25) is 13.9 Å². The first-order chi connectivity index (χ1) is 25.0. The summed E-state index contributed by atoms with van der Waals surface area (Å²) < 4.78 is 61.8. The molecule has 4 rings (SSSR count). The number of anilines is 1. The predicted molar refractivity (Wildman–Crippen MR) is 211 cm³/mol. The Bertz CT molecular complexity index is 1920. The molecular weight excluding hydrogens is 711 g/mol. The average molecular weight is 768 g/mol. The highest BCUT2D eigenvalue weighted by molar-refractivity contribution is 7.85. The molecular formula is C41H56N2O8PS+. The number of allylic oxidation sites excluding steroid dienone is 6. The lowest BCUT2D eigenvalue weighted by atomic mass is 9.79. The van der Waals surface area contributed by atoms with Crippen LogP contribution in [0.25, 0.3) is 0 Å². The molecule has 0 saturated heterocycles. The molecule has 1 atom stereocenters. The van der Waals surface area contributed by atoms with Gasteiger partial charge in [0.1, 0.15) is 6.54 Å². The zero-order valence-corrected chi connectivity index (χ0v) is 33.7. The van der Waals surface area contributed by atoms with Gasteiger partial charge in [0.25, 0.3) is 10.1 Å². The van der Waals surface area contributed by atoms with Crippen LogP contribution in [0.3, 0.4) is 0 Å². The van der Waals surface area contributed by atoms with Crippen LogP contribution in [0, 0.1) is 13.8 Å². The number of aliphatic carboxylic acids is 1. The first-order valence-electron chi connectivity index (χ1n) is 18.5. The van der Waals surface area contributed by atoms with E-state index in [0.717, 1.165) is 36.5 Å². The third-order valence-corrected chi connectivity index (χ3v) is 13.1. The molecule has 2 N–H and O–H groups in total. The molecule has 2 radical (unpaired) electrons. The molecule has 2 aliphatic heterocycles. The summed E-state index contributed by atoms with van der Waals surface area (Å²) in [7, 11) is -7.93. The van der Waals surface area contributed by atoms with Gasteiger partial charge in [0.15, 0.2) is 5.71 Å². The molecule has 0 aromatic heterocycles. The van der Waals surface area contributed by atoms with Crippen LogP contribution < -0.4 is 4.90 Å². The van der Waals surface area contributed by atoms with Crippen LogP contribution in [-0.4, -0.2) is 66.8 Å². The minimum Gasteiger partial charge on any atom is -0.481 e. The predicted octanol–water partition coefficient (Wildman–Crippen LogP) is 9.18. The lowest BCUT2D eigenvalue weighted by Crippen LogP contribution is -2.30. The fourth-order valence-electron chi connectivity index (χ4n) is 7.48. The molecule has 2 aromatic carbocycles. The van der Waals surface area contributed by atoms with Crippen LogP contribution in [0.2, 0.25) is 0 Å². The van der Waals surface area contributed by atoms with E-state index < -0.39 is 29.1 Å². The minimum absolute atomic E-state index is 0.103. The smallest absolute Gasteiger partial charge is 0.330 e. The van der Waals surface area contributed by atoms with Crippen molar-refractivity contribution >= 4 is 40.8 Å². The van der Waals surface area contributed by atoms with Crippen molar-refractivity contribution in [2.45, 2.75) is 102 Å². The first kappa shape index (κ1) is 42.4. The molecule has 0 saturated carbocycles. The number of rotatable bonds is 20. The summed E-state index contributed by atoms with van der Waals surface area (Å²) in [4.78, 5) is 13.0. The van der Waals surface area contributed by atoms with Crippen LogP contribution >= 0.6 is 7.60 Å². The Labute approximate surface area is 316 Å². The van der Waals surface area contributed by atoms with Gasteiger partial charge in [0.05, 0.1) is 29.7 Å². The normalized spacial score (nSPS) is 19.2. The highest BCUT2D eigenvalue weighted by Gasteiger charge is 2.46. The van der Waals surface area contributed by atoms with Gasteiger partial charge in [0, 0.05) is 53.9 Å². The number of unbranched alkanes of at least 4 members (excludes halogenated alkanes) is 3. The number of carboxylic acid groups (broad SMARTS) is 1. The van der Waals surface area contributed by atoms with E-state index in [4.69, 9.17) is 21.1 Å². The first-order valence-corrected chi connectivity index (χ1v) is 21.7. The van der Waals surface area contributed by atoms with Gasteiger partial charge in [-0.2, -0.15) is 13.0 Å². The third-order valence-electron chi connectivity index (χ3n) is 10.2. The fraction of sp³-hybridized carbons (Fsp3) is 0.488. The lowest BCUT2D eigenvalue weighted by molar-refractivity contribution is -0.438. The van der Waals surface area contributed by atoms with Gasteiger partial charge in [0.2, 0.25) is 5.69 Å². The summed E-state index contributed by atoms with van der Waals surface area (Å²) in [6.45, 7) is 19.8. The second-order valence-electron chi connectivity index (χ2n) is 14.4. The molecule has 0 aliphatic carbocycles. The zero-order chi connectivity index (χ0) is 39.0. The molecule has 0 bridgehead atoms. The van der Waals surface area contributed by atoms with Crippen LogP contribution in [-0.2, 0) is 39.4 Å². The van der Waals surface area contributed by atoms with Crippen molar-refractivity contribution in [3.05, 3.63) is 96.1 Å². The Balaban J connectivity index is 1.74. The Kier molecular flexibility index (Phi) is 14.3. The van der Waals surface area contributed by atoms with Crippen molar-refractivity contribution in [2.75, 3.05) is 37.4 Å². The molecule has 2 aromatic rings. The standard InChI is InChI=1S/C41H55N2O8PS/c1-8-11-26-43-36-24-22-32(53(47,48)49)30-34(36)41(7,25-28-52(46,50-9-2)51-10-3)38(43)19-15-12-14-18-37-40(5,6)33-29-31(4)21-23-35(33)42(37)27-17-13-16-20-39(44)45/h1,12,14-15,18-19,21-24,29-30H,8-11,13,16-17,20,25-28H2,2-7H3,(H-,44,45,47,48,49)/p+1. The van der Waals surface area contributed by atoms with E-state index in [-0.39, 0.29) is 36.1 Å². The number of carboxylic acids is 1. The highest BCUT2D eigenvalue weighted by atomic mass is 32.2. The van der Waals surface area contributed by atoms with Crippen molar-refractivity contribution in [1.82, 2.24) is 0 Å². The number of aryl methyl sites for hydroxylation is 1. The van der Waals surface area contributed by atoms with E-state index in [1.807, 2.05) is 31.2 Å². The number of hydrogen-bond donors (Lipinski definition) is 2. The molecule has 2 heterocycles. The van der Waals surface area contributed by atoms with Crippen LogP contribution in [0.1, 0.15) is 96.3 Å². The highest BCUT2D eigenvalue weighted by Crippen LogP contribution is 2.56. The second-order valence-corrected chi connectivity index (χ2v) is 18.0. The summed E-state index contributed by atoms with van der Waals surface area (Å²) in [5.74, 6) is -0.770. The molecule has 53 heavy (non-hydrogen) atoms. The fourth-order valence-corrected chi connectivity index (χ4v) is 9.82. The van der Waals surface area contributed by atoms with Crippen molar-refractivity contribution in [1.29, 1.82) is 0 Å². The van der Waals surface area contributed by atoms with Crippen LogP contribution in [0.4, 0.5) is 11.4 Å². The van der Waals surface area contributed by atoms with Gasteiger partial charge in [-0.25, -0.2) is 0 Å². The molecule has 12 heteroatoms. The van der Waals surface area contributed by atoms with Gasteiger partial charge >= 0.3 is 13.6 Å². The number of fused-ring (bicyclic) bond motifs is 2. The summed E-state index contributed by atoms with van der Waals surface area (Å²) in [6, 6.07) is 11.1. The van der Waals surface area contributed by atoms with Crippen LogP contribution in [0.15, 0.2) is 77.4 Å². The summed E-state index contributed by atoms with van der Waals surface area (Å²) in [5.41, 5.74) is 6.05. The van der Waals surface area contributed by atoms with Gasteiger partial charge in [-0.1, -0.05) is 29.9 Å². The zero-order valence-electron chi connectivity index (χ0n) is 32.0. The van der Waals surface area contributed by atoms with Crippen molar-refractivity contribution in [3.63, 3.8) is 0 Å². The summed E-state index contributed by atoms with van der Waals surface area (Å²) in [6.07, 6.45) is 14.1. The third kappa shape index (κ3) is 9.86. The SMILES string of the molecule is [CH]CCCN1\C(=C/C=C/C=C/C2=[N+](CCCCCC(=O)O)c3ccc(C)cc3C2(C)C)C(C)(CCP(=O)(OCC)OCC)c2cc(S(=O)(=O)O)ccc21. The molecule has 288 valence electrons.